The van der Waals surface area contributed by atoms with Crippen molar-refractivity contribution in [1.29, 1.82) is 0 Å². The van der Waals surface area contributed by atoms with E-state index in [0.29, 0.717) is 5.25 Å². The maximum atomic E-state index is 5.10. The predicted octanol–water partition coefficient (Wildman–Crippen LogP) is 4.77. The number of aliphatic imine (C=N–C) groups is 1. The molecule has 0 N–H and O–H groups in total. The highest BCUT2D eigenvalue weighted by atomic mass is 32.2. The summed E-state index contributed by atoms with van der Waals surface area (Å²) in [5.74, 6) is 0. The summed E-state index contributed by atoms with van der Waals surface area (Å²) in [5, 5.41) is 1.72. The van der Waals surface area contributed by atoms with Crippen molar-refractivity contribution >= 4 is 16.9 Å². The minimum Gasteiger partial charge on any atom is -0.339 e. The van der Waals surface area contributed by atoms with E-state index in [9.17, 15) is 0 Å². The van der Waals surface area contributed by atoms with E-state index in [1.165, 1.54) is 16.9 Å². The number of benzene rings is 1. The second-order valence-electron chi connectivity index (χ2n) is 7.23. The van der Waals surface area contributed by atoms with Gasteiger partial charge in [0.1, 0.15) is 6.04 Å². The molecule has 136 valence electrons. The van der Waals surface area contributed by atoms with Crippen LogP contribution in [0.15, 0.2) is 72.0 Å². The molecule has 0 bridgehead atoms. The third kappa shape index (κ3) is 2.77. The largest absolute Gasteiger partial charge is 0.339 e. The number of nitrogens with zero attached hydrogens (tertiary/aromatic N) is 4. The third-order valence-corrected chi connectivity index (χ3v) is 6.44. The SMILES string of the molecule is Cc1ccccc1-n1cccc1C1C(c2ccccn2)N=C2SC(C)CN21. The van der Waals surface area contributed by atoms with Gasteiger partial charge in [0.25, 0.3) is 0 Å². The van der Waals surface area contributed by atoms with Crippen molar-refractivity contribution in [2.24, 2.45) is 4.99 Å². The first kappa shape index (κ1) is 16.6. The van der Waals surface area contributed by atoms with Crippen LogP contribution in [-0.2, 0) is 0 Å². The van der Waals surface area contributed by atoms with Crippen LogP contribution in [-0.4, -0.2) is 31.4 Å². The Labute approximate surface area is 164 Å². The monoisotopic (exact) mass is 374 g/mol. The van der Waals surface area contributed by atoms with E-state index in [4.69, 9.17) is 4.99 Å². The van der Waals surface area contributed by atoms with Gasteiger partial charge in [-0.25, -0.2) is 0 Å². The molecule has 0 radical (unpaired) electrons. The smallest absolute Gasteiger partial charge is 0.160 e. The lowest BCUT2D eigenvalue weighted by Crippen LogP contribution is -2.30. The minimum atomic E-state index is 0.0267. The molecular weight excluding hydrogens is 352 g/mol. The van der Waals surface area contributed by atoms with Crippen molar-refractivity contribution in [3.05, 3.63) is 83.9 Å². The van der Waals surface area contributed by atoms with E-state index in [0.717, 1.165) is 17.4 Å². The fourth-order valence-electron chi connectivity index (χ4n) is 4.13. The average Bonchev–Trinajstić information content (AvgIpc) is 3.36. The zero-order valence-corrected chi connectivity index (χ0v) is 16.3. The van der Waals surface area contributed by atoms with Gasteiger partial charge in [-0.1, -0.05) is 43.0 Å². The number of hydrogen-bond donors (Lipinski definition) is 0. The molecule has 1 aromatic carbocycles. The number of thioether (sulfide) groups is 1. The Balaban J connectivity index is 1.63. The summed E-state index contributed by atoms with van der Waals surface area (Å²) in [6.45, 7) is 5.47. The highest BCUT2D eigenvalue weighted by Gasteiger charge is 2.44. The van der Waals surface area contributed by atoms with E-state index in [1.54, 1.807) is 0 Å². The summed E-state index contributed by atoms with van der Waals surface area (Å²) in [5.41, 5.74) is 4.81. The number of pyridine rings is 1. The zero-order chi connectivity index (χ0) is 18.4. The van der Waals surface area contributed by atoms with Crippen molar-refractivity contribution in [2.75, 3.05) is 6.54 Å². The molecule has 2 aliphatic rings. The van der Waals surface area contributed by atoms with Crippen molar-refractivity contribution in [1.82, 2.24) is 14.5 Å². The lowest BCUT2D eigenvalue weighted by molar-refractivity contribution is 0.312. The fraction of sp³-hybridized carbons (Fsp3) is 0.273. The molecule has 4 nitrogen and oxygen atoms in total. The molecule has 0 amide bonds. The Morgan fingerprint density at radius 2 is 1.89 bits per heavy atom. The topological polar surface area (TPSA) is 33.4 Å². The molecule has 1 saturated heterocycles. The van der Waals surface area contributed by atoms with Crippen LogP contribution >= 0.6 is 11.8 Å². The minimum absolute atomic E-state index is 0.0267. The maximum absolute atomic E-state index is 5.10. The Morgan fingerprint density at radius 3 is 2.70 bits per heavy atom. The number of hydrogen-bond acceptors (Lipinski definition) is 4. The number of para-hydroxylation sites is 1. The van der Waals surface area contributed by atoms with Gasteiger partial charge < -0.3 is 9.47 Å². The van der Waals surface area contributed by atoms with E-state index in [1.807, 2.05) is 24.0 Å². The van der Waals surface area contributed by atoms with Gasteiger partial charge in [0.2, 0.25) is 0 Å². The number of aryl methyl sites for hydroxylation is 1. The van der Waals surface area contributed by atoms with Crippen LogP contribution in [0.25, 0.3) is 5.69 Å². The molecule has 27 heavy (non-hydrogen) atoms. The normalized spacial score (nSPS) is 24.1. The second-order valence-corrected chi connectivity index (χ2v) is 8.63. The summed E-state index contributed by atoms with van der Waals surface area (Å²) in [6.07, 6.45) is 4.03. The van der Waals surface area contributed by atoms with Gasteiger partial charge in [0.05, 0.1) is 11.7 Å². The predicted molar refractivity (Wildman–Crippen MR) is 111 cm³/mol. The van der Waals surface area contributed by atoms with E-state index >= 15 is 0 Å². The van der Waals surface area contributed by atoms with Crippen LogP contribution in [0.3, 0.4) is 0 Å². The van der Waals surface area contributed by atoms with Gasteiger partial charge in [-0.3, -0.25) is 9.98 Å². The Hall–Kier alpha value is -2.53. The summed E-state index contributed by atoms with van der Waals surface area (Å²) < 4.78 is 2.32. The Kier molecular flexibility index (Phi) is 4.05. The maximum Gasteiger partial charge on any atom is 0.160 e. The van der Waals surface area contributed by atoms with Gasteiger partial charge in [-0.15, -0.1) is 0 Å². The average molecular weight is 375 g/mol. The van der Waals surface area contributed by atoms with E-state index in [-0.39, 0.29) is 12.1 Å². The molecule has 3 aromatic rings. The molecule has 2 aliphatic heterocycles. The van der Waals surface area contributed by atoms with Gasteiger partial charge in [-0.05, 0) is 42.8 Å². The molecule has 1 fully saturated rings. The van der Waals surface area contributed by atoms with Crippen LogP contribution < -0.4 is 0 Å². The third-order valence-electron chi connectivity index (χ3n) is 5.34. The number of amidine groups is 1. The molecule has 2 aromatic heterocycles. The first-order chi connectivity index (χ1) is 13.2. The van der Waals surface area contributed by atoms with Gasteiger partial charge in [-0.2, -0.15) is 0 Å². The molecule has 0 aliphatic carbocycles. The highest BCUT2D eigenvalue weighted by molar-refractivity contribution is 8.14. The molecule has 5 heteroatoms. The number of rotatable bonds is 3. The van der Waals surface area contributed by atoms with Crippen molar-refractivity contribution in [2.45, 2.75) is 31.2 Å². The van der Waals surface area contributed by atoms with Gasteiger partial charge in [0, 0.05) is 35.6 Å². The van der Waals surface area contributed by atoms with E-state index < -0.39 is 0 Å². The quantitative estimate of drug-likeness (QED) is 0.662. The van der Waals surface area contributed by atoms with Crippen LogP contribution in [0.2, 0.25) is 0 Å². The molecule has 5 rings (SSSR count). The Bertz CT molecular complexity index is 994. The van der Waals surface area contributed by atoms with Crippen LogP contribution in [0, 0.1) is 6.92 Å². The molecule has 3 atom stereocenters. The highest BCUT2D eigenvalue weighted by Crippen LogP contribution is 2.47. The molecule has 4 heterocycles. The summed E-state index contributed by atoms with van der Waals surface area (Å²) in [4.78, 5) is 12.2. The van der Waals surface area contributed by atoms with Crippen molar-refractivity contribution in [3.8, 4) is 5.69 Å². The zero-order valence-electron chi connectivity index (χ0n) is 15.5. The summed E-state index contributed by atoms with van der Waals surface area (Å²) in [6, 6.07) is 19.2. The van der Waals surface area contributed by atoms with Gasteiger partial charge >= 0.3 is 0 Å². The molecule has 0 saturated carbocycles. The first-order valence-electron chi connectivity index (χ1n) is 9.37. The fourth-order valence-corrected chi connectivity index (χ4v) is 5.22. The van der Waals surface area contributed by atoms with Crippen LogP contribution in [0.4, 0.5) is 0 Å². The molecule has 3 unspecified atom stereocenters. The molecular formula is C22H22N4S. The van der Waals surface area contributed by atoms with Gasteiger partial charge in [0.15, 0.2) is 5.17 Å². The second kappa shape index (κ2) is 6.57. The first-order valence-corrected chi connectivity index (χ1v) is 10.3. The van der Waals surface area contributed by atoms with Crippen LogP contribution in [0.5, 0.6) is 0 Å². The lowest BCUT2D eigenvalue weighted by Gasteiger charge is -2.28. The van der Waals surface area contributed by atoms with Crippen molar-refractivity contribution < 1.29 is 0 Å². The lowest BCUT2D eigenvalue weighted by atomic mass is 10.0. The number of aromatic nitrogens is 2. The van der Waals surface area contributed by atoms with E-state index in [2.05, 4.69) is 83.0 Å². The number of fused-ring (bicyclic) bond motifs is 1. The molecule has 0 spiro atoms. The van der Waals surface area contributed by atoms with Crippen LogP contribution in [0.1, 0.15) is 36.0 Å². The Morgan fingerprint density at radius 1 is 1.04 bits per heavy atom. The van der Waals surface area contributed by atoms with Crippen molar-refractivity contribution in [3.63, 3.8) is 0 Å². The standard InChI is InChI=1S/C22H22N4S/c1-15-8-3-4-10-18(15)25-13-7-11-19(25)21-20(17-9-5-6-12-23-17)24-22-26(21)14-16(2)27-22/h3-13,16,20-21H,14H2,1-2H3. The summed E-state index contributed by atoms with van der Waals surface area (Å²) >= 11 is 1.88. The summed E-state index contributed by atoms with van der Waals surface area (Å²) in [7, 11) is 0.